The van der Waals surface area contributed by atoms with Crippen molar-refractivity contribution in [2.75, 3.05) is 26.8 Å². The number of hydrogen-bond acceptors (Lipinski definition) is 4. The van der Waals surface area contributed by atoms with E-state index in [0.717, 1.165) is 18.4 Å². The van der Waals surface area contributed by atoms with Gasteiger partial charge in [-0.2, -0.15) is 0 Å². The third-order valence-corrected chi connectivity index (χ3v) is 5.38. The lowest BCUT2D eigenvalue weighted by atomic mass is 10.1. The average Bonchev–Trinajstić information content (AvgIpc) is 2.45. The van der Waals surface area contributed by atoms with Crippen molar-refractivity contribution in [2.24, 2.45) is 0 Å². The number of nitrogens with one attached hydrogen (secondary N) is 2. The number of sulfonamides is 1. The second kappa shape index (κ2) is 9.76. The van der Waals surface area contributed by atoms with Gasteiger partial charge in [-0.15, -0.1) is 0 Å². The maximum atomic E-state index is 12.4. The molecule has 0 aliphatic carbocycles. The molecular weight excluding hydrogens is 328 g/mol. The molecule has 0 bridgehead atoms. The van der Waals surface area contributed by atoms with E-state index in [-0.39, 0.29) is 18.9 Å². The molecule has 0 heterocycles. The van der Waals surface area contributed by atoms with E-state index in [1.165, 1.54) is 0 Å². The molecule has 0 radical (unpaired) electrons. The third kappa shape index (κ3) is 6.59. The van der Waals surface area contributed by atoms with Gasteiger partial charge >= 0.3 is 0 Å². The monoisotopic (exact) mass is 356 g/mol. The molecule has 7 heteroatoms. The van der Waals surface area contributed by atoms with E-state index in [0.29, 0.717) is 29.2 Å². The highest BCUT2D eigenvalue weighted by atomic mass is 32.2. The van der Waals surface area contributed by atoms with Gasteiger partial charge in [-0.25, -0.2) is 13.1 Å². The van der Waals surface area contributed by atoms with Crippen LogP contribution in [0.25, 0.3) is 0 Å². The van der Waals surface area contributed by atoms with Gasteiger partial charge in [0.25, 0.3) is 0 Å². The first-order chi connectivity index (χ1) is 11.3. The Morgan fingerprint density at radius 3 is 2.29 bits per heavy atom. The van der Waals surface area contributed by atoms with Gasteiger partial charge in [-0.3, -0.25) is 4.79 Å². The van der Waals surface area contributed by atoms with Crippen LogP contribution in [0, 0.1) is 20.8 Å². The maximum Gasteiger partial charge on any atom is 0.241 e. The summed E-state index contributed by atoms with van der Waals surface area (Å²) in [5, 5.41) is 2.77. The largest absolute Gasteiger partial charge is 0.385 e. The normalized spacial score (nSPS) is 11.5. The molecule has 0 atom stereocenters. The molecule has 0 saturated carbocycles. The van der Waals surface area contributed by atoms with Crippen LogP contribution >= 0.6 is 0 Å². The van der Waals surface area contributed by atoms with Crippen molar-refractivity contribution in [1.29, 1.82) is 0 Å². The van der Waals surface area contributed by atoms with Gasteiger partial charge in [0, 0.05) is 33.2 Å². The van der Waals surface area contributed by atoms with Crippen LogP contribution in [-0.4, -0.2) is 41.1 Å². The van der Waals surface area contributed by atoms with Crippen LogP contribution in [0.4, 0.5) is 0 Å². The number of carbonyl (C=O) groups is 1. The summed E-state index contributed by atoms with van der Waals surface area (Å²) in [5.41, 5.74) is 2.45. The third-order valence-electron chi connectivity index (χ3n) is 3.61. The van der Waals surface area contributed by atoms with Crippen LogP contribution in [-0.2, 0) is 19.6 Å². The molecule has 136 valence electrons. The fourth-order valence-electron chi connectivity index (χ4n) is 2.65. The van der Waals surface area contributed by atoms with Gasteiger partial charge < -0.3 is 10.1 Å². The summed E-state index contributed by atoms with van der Waals surface area (Å²) in [6, 6.07) is 3.68. The molecule has 0 saturated heterocycles. The molecule has 0 aromatic heterocycles. The SMILES string of the molecule is COCCCCNC(=O)CCNS(=O)(=O)c1c(C)cc(C)cc1C. The number of amides is 1. The van der Waals surface area contributed by atoms with Crippen LogP contribution in [0.3, 0.4) is 0 Å². The summed E-state index contributed by atoms with van der Waals surface area (Å²) in [6.45, 7) is 6.82. The van der Waals surface area contributed by atoms with Crippen molar-refractivity contribution in [2.45, 2.75) is 44.9 Å². The predicted molar refractivity (Wildman–Crippen MR) is 94.6 cm³/mol. The average molecular weight is 356 g/mol. The van der Waals surface area contributed by atoms with E-state index < -0.39 is 10.0 Å². The number of hydrogen-bond donors (Lipinski definition) is 2. The summed E-state index contributed by atoms with van der Waals surface area (Å²) >= 11 is 0. The minimum Gasteiger partial charge on any atom is -0.385 e. The van der Waals surface area contributed by atoms with E-state index >= 15 is 0 Å². The van der Waals surface area contributed by atoms with E-state index in [9.17, 15) is 13.2 Å². The number of methoxy groups -OCH3 is 1. The van der Waals surface area contributed by atoms with Gasteiger partial charge in [0.2, 0.25) is 15.9 Å². The summed E-state index contributed by atoms with van der Waals surface area (Å²) in [5.74, 6) is -0.160. The Hall–Kier alpha value is -1.44. The Labute approximate surface area is 145 Å². The quantitative estimate of drug-likeness (QED) is 0.626. The van der Waals surface area contributed by atoms with Crippen LogP contribution in [0.1, 0.15) is 36.0 Å². The lowest BCUT2D eigenvalue weighted by Gasteiger charge is -2.13. The van der Waals surface area contributed by atoms with E-state index in [1.54, 1.807) is 21.0 Å². The summed E-state index contributed by atoms with van der Waals surface area (Å²) < 4.78 is 32.3. The second-order valence-corrected chi connectivity index (χ2v) is 7.63. The van der Waals surface area contributed by atoms with Crippen LogP contribution < -0.4 is 10.0 Å². The highest BCUT2D eigenvalue weighted by Crippen LogP contribution is 2.21. The van der Waals surface area contributed by atoms with Crippen LogP contribution in [0.15, 0.2) is 17.0 Å². The van der Waals surface area contributed by atoms with Crippen molar-refractivity contribution < 1.29 is 17.9 Å². The molecule has 0 aliphatic heterocycles. The maximum absolute atomic E-state index is 12.4. The predicted octanol–water partition coefficient (Wildman–Crippen LogP) is 1.82. The Kier molecular flexibility index (Phi) is 8.38. The molecule has 0 aliphatic rings. The molecule has 24 heavy (non-hydrogen) atoms. The Balaban J connectivity index is 2.48. The number of aryl methyl sites for hydroxylation is 3. The molecule has 6 nitrogen and oxygen atoms in total. The Bertz CT molecular complexity index is 634. The minimum absolute atomic E-state index is 0.0823. The van der Waals surface area contributed by atoms with Crippen molar-refractivity contribution in [3.05, 3.63) is 28.8 Å². The van der Waals surface area contributed by atoms with Crippen molar-refractivity contribution in [1.82, 2.24) is 10.0 Å². The van der Waals surface area contributed by atoms with Gasteiger partial charge in [-0.05, 0) is 44.7 Å². The lowest BCUT2D eigenvalue weighted by Crippen LogP contribution is -2.31. The van der Waals surface area contributed by atoms with Crippen molar-refractivity contribution in [3.8, 4) is 0 Å². The molecule has 1 aromatic rings. The molecular formula is C17H28N2O4S. The molecule has 0 spiro atoms. The highest BCUT2D eigenvalue weighted by molar-refractivity contribution is 7.89. The number of benzene rings is 1. The first kappa shape index (κ1) is 20.6. The fraction of sp³-hybridized carbons (Fsp3) is 0.588. The molecule has 1 amide bonds. The first-order valence-corrected chi connectivity index (χ1v) is 9.59. The molecule has 1 rings (SSSR count). The zero-order valence-electron chi connectivity index (χ0n) is 14.9. The van der Waals surface area contributed by atoms with E-state index in [1.807, 2.05) is 19.1 Å². The van der Waals surface area contributed by atoms with Crippen LogP contribution in [0.5, 0.6) is 0 Å². The highest BCUT2D eigenvalue weighted by Gasteiger charge is 2.19. The smallest absolute Gasteiger partial charge is 0.241 e. The minimum atomic E-state index is -3.61. The molecule has 2 N–H and O–H groups in total. The fourth-order valence-corrected chi connectivity index (χ4v) is 4.13. The molecule has 1 aromatic carbocycles. The Morgan fingerprint density at radius 2 is 1.71 bits per heavy atom. The number of unbranched alkanes of at least 4 members (excludes halogenated alkanes) is 1. The van der Waals surface area contributed by atoms with E-state index in [4.69, 9.17) is 4.74 Å². The number of ether oxygens (including phenoxy) is 1. The lowest BCUT2D eigenvalue weighted by molar-refractivity contribution is -0.120. The van der Waals surface area contributed by atoms with Crippen molar-refractivity contribution in [3.63, 3.8) is 0 Å². The second-order valence-electron chi connectivity index (χ2n) is 5.93. The topological polar surface area (TPSA) is 84.5 Å². The standard InChI is InChI=1S/C17H28N2O4S/c1-13-11-14(2)17(15(3)12-13)24(21,22)19-9-7-16(20)18-8-5-6-10-23-4/h11-12,19H,5-10H2,1-4H3,(H,18,20). The summed E-state index contributed by atoms with van der Waals surface area (Å²) in [4.78, 5) is 12.0. The number of carbonyl (C=O) groups excluding carboxylic acids is 1. The van der Waals surface area contributed by atoms with Gasteiger partial charge in [0.1, 0.15) is 0 Å². The van der Waals surface area contributed by atoms with E-state index in [2.05, 4.69) is 10.0 Å². The zero-order chi connectivity index (χ0) is 18.2. The van der Waals surface area contributed by atoms with Gasteiger partial charge in [0.15, 0.2) is 0 Å². The van der Waals surface area contributed by atoms with Crippen molar-refractivity contribution >= 4 is 15.9 Å². The number of rotatable bonds is 10. The molecule has 0 fully saturated rings. The first-order valence-electron chi connectivity index (χ1n) is 8.11. The van der Waals surface area contributed by atoms with Gasteiger partial charge in [-0.1, -0.05) is 17.7 Å². The van der Waals surface area contributed by atoms with Crippen LogP contribution in [0.2, 0.25) is 0 Å². The summed E-state index contributed by atoms with van der Waals surface area (Å²) in [7, 11) is -1.97. The van der Waals surface area contributed by atoms with Gasteiger partial charge in [0.05, 0.1) is 4.90 Å². The summed E-state index contributed by atoms with van der Waals surface area (Å²) in [6.07, 6.45) is 1.84. The molecule has 0 unspecified atom stereocenters. The Morgan fingerprint density at radius 1 is 1.08 bits per heavy atom. The zero-order valence-corrected chi connectivity index (χ0v) is 15.8.